The Morgan fingerprint density at radius 2 is 1.82 bits per heavy atom. The predicted octanol–water partition coefficient (Wildman–Crippen LogP) is 0.916. The van der Waals surface area contributed by atoms with Crippen LogP contribution >= 0.6 is 0 Å². The van der Waals surface area contributed by atoms with E-state index >= 15 is 0 Å². The molecule has 1 amide bonds. The second-order valence-corrected chi connectivity index (χ2v) is 7.72. The van der Waals surface area contributed by atoms with Crippen LogP contribution in [0.4, 0.5) is 0 Å². The predicted molar refractivity (Wildman–Crippen MR) is 71.2 cm³/mol. The molecule has 0 aromatic carbocycles. The van der Waals surface area contributed by atoms with Crippen LogP contribution in [0.5, 0.6) is 0 Å². The molecule has 2 N–H and O–H groups in total. The molecule has 0 radical (unpaired) electrons. The van der Waals surface area contributed by atoms with Gasteiger partial charge in [-0.2, -0.15) is 0 Å². The van der Waals surface area contributed by atoms with Gasteiger partial charge in [-0.05, 0) is 13.8 Å². The van der Waals surface area contributed by atoms with Crippen molar-refractivity contribution in [3.8, 4) is 0 Å². The molecule has 0 heterocycles. The molecule has 0 spiro atoms. The number of aliphatic hydroxyl groups excluding tert-OH is 1. The number of hydrogen-bond acceptors (Lipinski definition) is 3. The van der Waals surface area contributed by atoms with Crippen molar-refractivity contribution in [3.05, 3.63) is 0 Å². The summed E-state index contributed by atoms with van der Waals surface area (Å²) in [6, 6.07) is 0. The highest BCUT2D eigenvalue weighted by molar-refractivity contribution is 7.91. The molecule has 0 aromatic rings. The molecule has 0 aliphatic carbocycles. The van der Waals surface area contributed by atoms with Gasteiger partial charge in [0.05, 0.1) is 18.6 Å². The van der Waals surface area contributed by atoms with Crippen molar-refractivity contribution in [1.29, 1.82) is 0 Å². The van der Waals surface area contributed by atoms with Crippen LogP contribution in [-0.4, -0.2) is 40.2 Å². The molecular weight excluding hydrogens is 238 g/mol. The van der Waals surface area contributed by atoms with E-state index in [1.54, 1.807) is 13.8 Å². The fraction of sp³-hybridized carbons (Fsp3) is 0.917. The third-order valence-electron chi connectivity index (χ3n) is 2.22. The third kappa shape index (κ3) is 7.63. The van der Waals surface area contributed by atoms with Gasteiger partial charge < -0.3 is 15.0 Å². The molecule has 0 aliphatic rings. The molecule has 1 atom stereocenters. The average Bonchev–Trinajstić information content (AvgIpc) is 2.14. The lowest BCUT2D eigenvalue weighted by atomic mass is 9.94. The summed E-state index contributed by atoms with van der Waals surface area (Å²) in [5.41, 5.74) is -0.731. The van der Waals surface area contributed by atoms with Crippen molar-refractivity contribution in [2.24, 2.45) is 10.8 Å². The summed E-state index contributed by atoms with van der Waals surface area (Å²) in [6.45, 7) is 9.67. The highest BCUT2D eigenvalue weighted by Crippen LogP contribution is 2.16. The van der Waals surface area contributed by atoms with Crippen molar-refractivity contribution in [3.63, 3.8) is 0 Å². The summed E-state index contributed by atoms with van der Waals surface area (Å²) in [4.78, 5) is 11.6. The Hall–Kier alpha value is -0.260. The van der Waals surface area contributed by atoms with E-state index in [2.05, 4.69) is 5.32 Å². The van der Waals surface area contributed by atoms with Gasteiger partial charge in [-0.3, -0.25) is 4.79 Å². The normalized spacial score (nSPS) is 14.5. The van der Waals surface area contributed by atoms with Gasteiger partial charge in [-0.15, -0.1) is 0 Å². The number of aliphatic hydroxyl groups is 1. The minimum absolute atomic E-state index is 0.0409. The van der Waals surface area contributed by atoms with E-state index in [0.717, 1.165) is 0 Å². The molecule has 17 heavy (non-hydrogen) atoms. The number of amides is 1. The van der Waals surface area contributed by atoms with Crippen molar-refractivity contribution in [2.75, 3.05) is 24.7 Å². The van der Waals surface area contributed by atoms with E-state index in [-0.39, 0.29) is 17.9 Å². The highest BCUT2D eigenvalue weighted by atomic mass is 32.2. The fourth-order valence-electron chi connectivity index (χ4n) is 1.14. The lowest BCUT2D eigenvalue weighted by Gasteiger charge is -2.23. The number of nitrogens with one attached hydrogen (secondary N) is 1. The Bertz CT molecular complexity index is 249. The number of carbonyl (C=O) groups excluding carboxylic acids is 1. The Labute approximate surface area is 107 Å². The zero-order valence-corrected chi connectivity index (χ0v) is 12.3. The number of hydrogen-bond donors (Lipinski definition) is 2. The van der Waals surface area contributed by atoms with Gasteiger partial charge >= 0.3 is 0 Å². The Kier molecular flexibility index (Phi) is 6.51. The van der Waals surface area contributed by atoms with Crippen LogP contribution < -0.4 is 5.32 Å². The Morgan fingerprint density at radius 3 is 2.24 bits per heavy atom. The third-order valence-corrected chi connectivity index (χ3v) is 4.07. The molecule has 0 saturated carbocycles. The van der Waals surface area contributed by atoms with Crippen molar-refractivity contribution in [2.45, 2.75) is 34.6 Å². The summed E-state index contributed by atoms with van der Waals surface area (Å²) in [6.07, 6.45) is 0. The van der Waals surface area contributed by atoms with E-state index in [9.17, 15) is 9.35 Å². The molecule has 102 valence electrons. The lowest BCUT2D eigenvalue weighted by Crippen LogP contribution is -2.41. The van der Waals surface area contributed by atoms with Crippen molar-refractivity contribution < 1.29 is 14.5 Å². The quantitative estimate of drug-likeness (QED) is 0.700. The van der Waals surface area contributed by atoms with Gasteiger partial charge in [-0.1, -0.05) is 31.9 Å². The molecule has 4 nitrogen and oxygen atoms in total. The molecule has 0 fully saturated rings. The molecule has 0 aliphatic heterocycles. The van der Waals surface area contributed by atoms with E-state index in [0.29, 0.717) is 18.1 Å². The first-order valence-electron chi connectivity index (χ1n) is 5.83. The maximum atomic E-state index is 11.7. The van der Waals surface area contributed by atoms with Gasteiger partial charge in [0.25, 0.3) is 0 Å². The van der Waals surface area contributed by atoms with Gasteiger partial charge in [-0.25, -0.2) is 0 Å². The summed E-state index contributed by atoms with van der Waals surface area (Å²) in [5.74, 6) is 0.893. The Balaban J connectivity index is 3.89. The topological polar surface area (TPSA) is 72.4 Å². The van der Waals surface area contributed by atoms with Crippen LogP contribution in [0.3, 0.4) is 0 Å². The van der Waals surface area contributed by atoms with E-state index in [1.807, 2.05) is 20.8 Å². The minimum Gasteiger partial charge on any atom is -0.616 e. The molecular formula is C12H25NO3S. The average molecular weight is 263 g/mol. The zero-order chi connectivity index (χ0) is 13.7. The van der Waals surface area contributed by atoms with E-state index in [1.165, 1.54) is 0 Å². The maximum absolute atomic E-state index is 11.7. The number of rotatable bonds is 6. The van der Waals surface area contributed by atoms with Crippen LogP contribution in [0, 0.1) is 10.8 Å². The van der Waals surface area contributed by atoms with Gasteiger partial charge in [0.1, 0.15) is 11.5 Å². The standard InChI is InChI=1S/C12H25NO3S/c1-11(2,3)9-17(16)7-6-13-10(15)12(4,5)8-14/h14H,6-9H2,1-5H3,(H,13,15). The lowest BCUT2D eigenvalue weighted by molar-refractivity contribution is -0.131. The van der Waals surface area contributed by atoms with Crippen molar-refractivity contribution in [1.82, 2.24) is 5.32 Å². The van der Waals surface area contributed by atoms with Crippen LogP contribution in [0.1, 0.15) is 34.6 Å². The van der Waals surface area contributed by atoms with Crippen LogP contribution in [0.25, 0.3) is 0 Å². The largest absolute Gasteiger partial charge is 0.616 e. The van der Waals surface area contributed by atoms with Gasteiger partial charge in [0.2, 0.25) is 5.91 Å². The second-order valence-electron chi connectivity index (χ2n) is 6.15. The van der Waals surface area contributed by atoms with Crippen molar-refractivity contribution >= 4 is 17.1 Å². The molecule has 0 bridgehead atoms. The van der Waals surface area contributed by atoms with Gasteiger partial charge in [0.15, 0.2) is 0 Å². The van der Waals surface area contributed by atoms with Gasteiger partial charge in [0, 0.05) is 5.41 Å². The summed E-state index contributed by atoms with van der Waals surface area (Å²) >= 11 is -0.912. The molecule has 0 saturated heterocycles. The van der Waals surface area contributed by atoms with E-state index in [4.69, 9.17) is 5.11 Å². The SMILES string of the molecule is CC(C)(C)C[S+]([O-])CCNC(=O)C(C)(C)CO. The second kappa shape index (κ2) is 6.61. The zero-order valence-electron chi connectivity index (χ0n) is 11.5. The minimum atomic E-state index is -0.912. The van der Waals surface area contributed by atoms with Crippen LogP contribution in [0.2, 0.25) is 0 Å². The molecule has 0 rings (SSSR count). The van der Waals surface area contributed by atoms with Crippen LogP contribution in [0.15, 0.2) is 0 Å². The highest BCUT2D eigenvalue weighted by Gasteiger charge is 2.26. The first-order valence-corrected chi connectivity index (χ1v) is 7.31. The molecule has 0 aromatic heterocycles. The van der Waals surface area contributed by atoms with E-state index < -0.39 is 16.6 Å². The number of carbonyl (C=O) groups is 1. The summed E-state index contributed by atoms with van der Waals surface area (Å²) in [7, 11) is 0. The first-order chi connectivity index (χ1) is 7.58. The van der Waals surface area contributed by atoms with Crippen LogP contribution in [-0.2, 0) is 16.0 Å². The smallest absolute Gasteiger partial charge is 0.228 e. The fourth-order valence-corrected chi connectivity index (χ4v) is 2.58. The maximum Gasteiger partial charge on any atom is 0.228 e. The molecule has 5 heteroatoms. The Morgan fingerprint density at radius 1 is 1.29 bits per heavy atom. The molecule has 1 unspecified atom stereocenters. The monoisotopic (exact) mass is 263 g/mol. The summed E-state index contributed by atoms with van der Waals surface area (Å²) < 4.78 is 11.7. The summed E-state index contributed by atoms with van der Waals surface area (Å²) in [5, 5.41) is 11.7. The first kappa shape index (κ1) is 16.7.